The maximum Gasteiger partial charge on any atom is 0.425 e. The quantitative estimate of drug-likeness (QED) is 0.0946. The number of hydrogen-bond donors (Lipinski definition) is 0. The number of carbonyl (C=O) groups is 3. The summed E-state index contributed by atoms with van der Waals surface area (Å²) in [6.45, 7) is 7.52. The summed E-state index contributed by atoms with van der Waals surface area (Å²) >= 11 is 0.371. The van der Waals surface area contributed by atoms with E-state index in [-0.39, 0.29) is 70.1 Å². The summed E-state index contributed by atoms with van der Waals surface area (Å²) in [4.78, 5) is 47.5. The van der Waals surface area contributed by atoms with E-state index in [9.17, 15) is 41.2 Å². The van der Waals surface area contributed by atoms with Gasteiger partial charge in [-0.05, 0) is 90.3 Å². The van der Waals surface area contributed by atoms with E-state index in [4.69, 9.17) is 14.2 Å². The molecule has 2 aromatic heterocycles. The number of hydrogen-bond acceptors (Lipinski definition) is 9. The molecule has 17 heteroatoms. The van der Waals surface area contributed by atoms with Crippen molar-refractivity contribution in [3.63, 3.8) is 0 Å². The summed E-state index contributed by atoms with van der Waals surface area (Å²) in [6, 6.07) is 11.0. The summed E-state index contributed by atoms with van der Waals surface area (Å²) in [5.41, 5.74) is -5.70. The first kappa shape index (κ1) is 45.7. The van der Waals surface area contributed by atoms with Crippen molar-refractivity contribution < 1.29 is 54.9 Å². The molecule has 330 valence electrons. The van der Waals surface area contributed by atoms with Crippen LogP contribution >= 0.6 is 11.3 Å². The number of nitrogens with zero attached hydrogens (tertiary/aromatic N) is 4. The number of halogens is 6. The minimum Gasteiger partial charge on any atom is -0.493 e. The zero-order valence-electron chi connectivity index (χ0n) is 34.6. The van der Waals surface area contributed by atoms with Gasteiger partial charge in [-0.15, -0.1) is 11.3 Å². The number of ether oxygens (including phenoxy) is 3. The molecule has 2 atom stereocenters. The van der Waals surface area contributed by atoms with Crippen LogP contribution in [0.4, 0.5) is 26.3 Å². The highest BCUT2D eigenvalue weighted by atomic mass is 32.1. The second-order valence-corrected chi connectivity index (χ2v) is 18.1. The van der Waals surface area contributed by atoms with Crippen molar-refractivity contribution in [2.75, 3.05) is 26.2 Å². The summed E-state index contributed by atoms with van der Waals surface area (Å²) < 4.78 is 102. The number of carbonyl (C=O) groups excluding carboxylic acids is 3. The largest absolute Gasteiger partial charge is 0.493 e. The third kappa shape index (κ3) is 9.79. The van der Waals surface area contributed by atoms with Gasteiger partial charge < -0.3 is 24.0 Å². The summed E-state index contributed by atoms with van der Waals surface area (Å²) in [6.07, 6.45) is -5.16. The molecule has 1 saturated carbocycles. The Hall–Kier alpha value is -4.85. The molecule has 3 aromatic rings. The number of nitriles is 1. The maximum absolute atomic E-state index is 15.1. The van der Waals surface area contributed by atoms with Crippen molar-refractivity contribution >= 4 is 29.1 Å². The molecule has 61 heavy (non-hydrogen) atoms. The Bertz CT molecular complexity index is 2120. The van der Waals surface area contributed by atoms with Crippen molar-refractivity contribution in [2.45, 2.75) is 127 Å². The molecule has 10 nitrogen and oxygen atoms in total. The zero-order valence-corrected chi connectivity index (χ0v) is 35.4. The van der Waals surface area contributed by atoms with Crippen LogP contribution in [0.15, 0.2) is 54.0 Å². The van der Waals surface area contributed by atoms with E-state index in [1.807, 2.05) is 20.8 Å². The Kier molecular flexibility index (Phi) is 13.1. The lowest BCUT2D eigenvalue weighted by molar-refractivity contribution is -0.162. The van der Waals surface area contributed by atoms with Crippen molar-refractivity contribution in [1.29, 1.82) is 5.26 Å². The predicted molar refractivity (Wildman–Crippen MR) is 213 cm³/mol. The fourth-order valence-corrected chi connectivity index (χ4v) is 9.23. The lowest BCUT2D eigenvalue weighted by Gasteiger charge is -2.51. The van der Waals surface area contributed by atoms with Crippen LogP contribution in [0.5, 0.6) is 11.5 Å². The molecule has 0 radical (unpaired) electrons. The lowest BCUT2D eigenvalue weighted by Crippen LogP contribution is -2.68. The first-order valence-corrected chi connectivity index (χ1v) is 21.4. The van der Waals surface area contributed by atoms with Gasteiger partial charge in [0.1, 0.15) is 27.7 Å². The van der Waals surface area contributed by atoms with Gasteiger partial charge in [-0.2, -0.15) is 31.6 Å². The van der Waals surface area contributed by atoms with Gasteiger partial charge in [0.25, 0.3) is 11.8 Å². The first-order chi connectivity index (χ1) is 28.7. The minimum atomic E-state index is -4.92. The van der Waals surface area contributed by atoms with Gasteiger partial charge in [-0.1, -0.05) is 31.5 Å². The third-order valence-electron chi connectivity index (χ3n) is 11.8. The van der Waals surface area contributed by atoms with E-state index < -0.39 is 68.4 Å². The SMILES string of the molecule is CCC[C@H]1N(C(=O)c2ncccc2C(F)(F)F)CCC[C@@]1(Oc1csc(C(F)(F)F)c1)C(=O)N1CCC(C#N)(c2ccccc2OCCCC2(C(=O)OC(C)(C)C)CC2)CC1. The van der Waals surface area contributed by atoms with Crippen LogP contribution in [-0.4, -0.2) is 76.1 Å². The fourth-order valence-electron chi connectivity index (χ4n) is 8.55. The van der Waals surface area contributed by atoms with Crippen LogP contribution in [0.25, 0.3) is 0 Å². The smallest absolute Gasteiger partial charge is 0.425 e. The highest BCUT2D eigenvalue weighted by Crippen LogP contribution is 2.51. The maximum atomic E-state index is 15.1. The number of pyridine rings is 1. The van der Waals surface area contributed by atoms with Gasteiger partial charge >= 0.3 is 18.3 Å². The molecule has 4 heterocycles. The number of likely N-dealkylation sites (tertiary alicyclic amines) is 2. The van der Waals surface area contributed by atoms with Crippen molar-refractivity contribution in [3.8, 4) is 17.6 Å². The van der Waals surface area contributed by atoms with E-state index in [1.54, 1.807) is 31.2 Å². The molecule has 1 aromatic carbocycles. The molecule has 6 rings (SSSR count). The Labute approximate surface area is 355 Å². The number of alkyl halides is 6. The molecule has 0 unspecified atom stereocenters. The summed E-state index contributed by atoms with van der Waals surface area (Å²) in [5, 5.41) is 11.9. The number of rotatable bonds is 13. The molecule has 3 aliphatic rings. The number of amides is 2. The number of piperidine rings is 2. The topological polar surface area (TPSA) is 122 Å². The Morgan fingerprint density at radius 3 is 2.26 bits per heavy atom. The lowest BCUT2D eigenvalue weighted by atomic mass is 9.72. The Balaban J connectivity index is 1.25. The average Bonchev–Trinajstić information content (AvgIpc) is 3.86. The zero-order chi connectivity index (χ0) is 44.4. The number of aromatic nitrogens is 1. The van der Waals surface area contributed by atoms with E-state index >= 15 is 4.79 Å². The van der Waals surface area contributed by atoms with Gasteiger partial charge in [-0.25, -0.2) is 0 Å². The molecular weight excluding hydrogens is 827 g/mol. The van der Waals surface area contributed by atoms with Crippen LogP contribution in [0, 0.1) is 16.7 Å². The average molecular weight is 877 g/mol. The summed E-state index contributed by atoms with van der Waals surface area (Å²) in [5.74, 6) is -1.71. The van der Waals surface area contributed by atoms with E-state index in [2.05, 4.69) is 11.1 Å². The van der Waals surface area contributed by atoms with E-state index in [0.29, 0.717) is 41.9 Å². The molecule has 1 aliphatic carbocycles. The third-order valence-corrected chi connectivity index (χ3v) is 12.7. The van der Waals surface area contributed by atoms with Crippen LogP contribution in [0.3, 0.4) is 0 Å². The molecule has 2 saturated heterocycles. The minimum absolute atomic E-state index is 0.0208. The van der Waals surface area contributed by atoms with Gasteiger partial charge in [0, 0.05) is 49.3 Å². The molecule has 0 bridgehead atoms. The normalized spacial score (nSPS) is 21.3. The van der Waals surface area contributed by atoms with Crippen molar-refractivity contribution in [1.82, 2.24) is 14.8 Å². The predicted octanol–water partition coefficient (Wildman–Crippen LogP) is 9.77. The number of esters is 1. The van der Waals surface area contributed by atoms with Crippen LogP contribution in [0.1, 0.15) is 118 Å². The number of para-hydroxylation sites is 1. The molecule has 3 fully saturated rings. The van der Waals surface area contributed by atoms with Gasteiger partial charge in [0.2, 0.25) is 5.60 Å². The molecular formula is C44H50F6N4O6S. The molecule has 0 N–H and O–H groups in total. The van der Waals surface area contributed by atoms with Crippen molar-refractivity contribution in [2.24, 2.45) is 5.41 Å². The number of benzene rings is 1. The van der Waals surface area contributed by atoms with Crippen molar-refractivity contribution in [3.05, 3.63) is 75.7 Å². The van der Waals surface area contributed by atoms with E-state index in [1.165, 1.54) is 4.90 Å². The van der Waals surface area contributed by atoms with Crippen LogP contribution < -0.4 is 9.47 Å². The summed E-state index contributed by atoms with van der Waals surface area (Å²) in [7, 11) is 0. The van der Waals surface area contributed by atoms with Crippen LogP contribution in [0.2, 0.25) is 0 Å². The fraction of sp³-hybridized carbons (Fsp3) is 0.568. The monoisotopic (exact) mass is 876 g/mol. The van der Waals surface area contributed by atoms with Gasteiger partial charge in [0.15, 0.2) is 0 Å². The molecule has 0 spiro atoms. The highest BCUT2D eigenvalue weighted by molar-refractivity contribution is 7.10. The molecule has 2 aliphatic heterocycles. The Morgan fingerprint density at radius 1 is 0.951 bits per heavy atom. The van der Waals surface area contributed by atoms with E-state index in [0.717, 1.165) is 47.5 Å². The van der Waals surface area contributed by atoms with Gasteiger partial charge in [-0.3, -0.25) is 19.4 Å². The molecule has 2 amide bonds. The second-order valence-electron chi connectivity index (χ2n) is 17.2. The highest BCUT2D eigenvalue weighted by Gasteiger charge is 2.57. The first-order valence-electron chi connectivity index (χ1n) is 20.5. The van der Waals surface area contributed by atoms with Crippen LogP contribution in [-0.2, 0) is 32.1 Å². The second kappa shape index (κ2) is 17.5. The number of thiophene rings is 1. The standard InChI is InChI=1S/C44H50F6N4O6S/c1-5-11-33-42(59-29-26-34(61-27-29)44(48,49)50,16-9-22-54(33)36(55)35-31(43(45,46)47)13-8-21-52-35)37(56)53-23-19-41(28-51,20-24-53)30-12-6-7-14-32(30)58-25-10-15-40(17-18-40)38(57)60-39(2,3)4/h6-8,12-14,21,26-27,33H,5,9-11,15-20,22-25H2,1-4H3/t33-,42+/m1/s1. The van der Waals surface area contributed by atoms with Gasteiger partial charge in [0.05, 0.1) is 35.1 Å². The Morgan fingerprint density at radius 2 is 1.66 bits per heavy atom.